The Balaban J connectivity index is 2.40. The van der Waals surface area contributed by atoms with Crippen molar-refractivity contribution in [2.45, 2.75) is 39.3 Å². The first-order valence-electron chi connectivity index (χ1n) is 6.06. The number of rotatable bonds is 1. The van der Waals surface area contributed by atoms with Gasteiger partial charge in [0, 0.05) is 11.1 Å². The zero-order valence-corrected chi connectivity index (χ0v) is 10.6. The third kappa shape index (κ3) is 1.51. The maximum Gasteiger partial charge on any atom is 0.152 e. The van der Waals surface area contributed by atoms with Crippen LogP contribution in [0.15, 0.2) is 6.07 Å². The van der Waals surface area contributed by atoms with E-state index in [2.05, 4.69) is 9.97 Å². The van der Waals surface area contributed by atoms with E-state index >= 15 is 0 Å². The van der Waals surface area contributed by atoms with E-state index in [9.17, 15) is 8.78 Å². The molecule has 2 nitrogen and oxygen atoms in total. The SMILES string of the molecule is Cc1nc(C)c2cc(C3(F)CC3)c(C)c(F)c2n1. The van der Waals surface area contributed by atoms with Gasteiger partial charge in [0.05, 0.1) is 0 Å². The predicted molar refractivity (Wildman–Crippen MR) is 65.7 cm³/mol. The van der Waals surface area contributed by atoms with Crippen LogP contribution >= 0.6 is 0 Å². The third-order valence-corrected chi connectivity index (χ3v) is 3.65. The number of aryl methyl sites for hydroxylation is 2. The molecule has 4 heteroatoms. The van der Waals surface area contributed by atoms with Gasteiger partial charge in [0.15, 0.2) is 5.82 Å². The molecule has 1 aromatic carbocycles. The van der Waals surface area contributed by atoms with Crippen molar-refractivity contribution >= 4 is 10.9 Å². The van der Waals surface area contributed by atoms with E-state index in [1.165, 1.54) is 0 Å². The molecule has 94 valence electrons. The van der Waals surface area contributed by atoms with Gasteiger partial charge in [-0.1, -0.05) is 0 Å². The van der Waals surface area contributed by atoms with Crippen molar-refractivity contribution in [2.75, 3.05) is 0 Å². The Hall–Kier alpha value is -1.58. The highest BCUT2D eigenvalue weighted by Gasteiger charge is 2.46. The van der Waals surface area contributed by atoms with Crippen LogP contribution in [0.1, 0.15) is 35.5 Å². The quantitative estimate of drug-likeness (QED) is 0.769. The van der Waals surface area contributed by atoms with Crippen molar-refractivity contribution in [1.29, 1.82) is 0 Å². The number of fused-ring (bicyclic) bond motifs is 1. The monoisotopic (exact) mass is 248 g/mol. The minimum Gasteiger partial charge on any atom is -0.239 e. The maximum absolute atomic E-state index is 14.3. The average Bonchev–Trinajstić information content (AvgIpc) is 3.03. The summed E-state index contributed by atoms with van der Waals surface area (Å²) in [5, 5.41) is 0.614. The Morgan fingerprint density at radius 3 is 2.44 bits per heavy atom. The summed E-state index contributed by atoms with van der Waals surface area (Å²) in [6.07, 6.45) is 0.953. The summed E-state index contributed by atoms with van der Waals surface area (Å²) in [6.45, 7) is 5.15. The van der Waals surface area contributed by atoms with Crippen LogP contribution in [0.4, 0.5) is 8.78 Å². The molecular formula is C14H14F2N2. The summed E-state index contributed by atoms with van der Waals surface area (Å²) in [6, 6.07) is 1.72. The Morgan fingerprint density at radius 1 is 1.17 bits per heavy atom. The zero-order valence-electron chi connectivity index (χ0n) is 10.6. The number of benzene rings is 1. The van der Waals surface area contributed by atoms with Gasteiger partial charge in [0.1, 0.15) is 17.0 Å². The molecule has 18 heavy (non-hydrogen) atoms. The number of aromatic nitrogens is 2. The Bertz CT molecular complexity index is 661. The predicted octanol–water partition coefficient (Wildman–Crippen LogP) is 3.65. The van der Waals surface area contributed by atoms with Gasteiger partial charge in [0.25, 0.3) is 0 Å². The van der Waals surface area contributed by atoms with Crippen molar-refractivity contribution in [1.82, 2.24) is 9.97 Å². The van der Waals surface area contributed by atoms with Crippen LogP contribution in [0.5, 0.6) is 0 Å². The lowest BCUT2D eigenvalue weighted by Gasteiger charge is -2.13. The molecule has 1 aromatic heterocycles. The molecule has 1 fully saturated rings. The smallest absolute Gasteiger partial charge is 0.152 e. The van der Waals surface area contributed by atoms with E-state index < -0.39 is 11.5 Å². The molecule has 1 saturated carbocycles. The van der Waals surface area contributed by atoms with Gasteiger partial charge in [-0.25, -0.2) is 18.7 Å². The number of hydrogen-bond acceptors (Lipinski definition) is 2. The second-order valence-electron chi connectivity index (χ2n) is 5.08. The van der Waals surface area contributed by atoms with Crippen molar-refractivity contribution in [3.05, 3.63) is 34.5 Å². The van der Waals surface area contributed by atoms with E-state index in [1.54, 1.807) is 26.8 Å². The molecule has 1 aliphatic carbocycles. The molecule has 1 aliphatic rings. The first-order chi connectivity index (χ1) is 8.42. The van der Waals surface area contributed by atoms with E-state index in [-0.39, 0.29) is 0 Å². The molecule has 3 rings (SSSR count). The largest absolute Gasteiger partial charge is 0.239 e. The number of halogens is 2. The normalized spacial score (nSPS) is 17.2. The topological polar surface area (TPSA) is 25.8 Å². The minimum absolute atomic E-state index is 0.297. The van der Waals surface area contributed by atoms with Gasteiger partial charge in [-0.2, -0.15) is 0 Å². The molecule has 0 spiro atoms. The third-order valence-electron chi connectivity index (χ3n) is 3.65. The van der Waals surface area contributed by atoms with Gasteiger partial charge in [0.2, 0.25) is 0 Å². The van der Waals surface area contributed by atoms with Crippen LogP contribution in [-0.4, -0.2) is 9.97 Å². The number of hydrogen-bond donors (Lipinski definition) is 0. The fourth-order valence-corrected chi connectivity index (χ4v) is 2.45. The Kier molecular flexibility index (Phi) is 2.22. The first kappa shape index (κ1) is 11.5. The minimum atomic E-state index is -1.34. The van der Waals surface area contributed by atoms with E-state index in [0.29, 0.717) is 46.4 Å². The van der Waals surface area contributed by atoms with Crippen LogP contribution in [0, 0.1) is 26.6 Å². The van der Waals surface area contributed by atoms with Gasteiger partial charge >= 0.3 is 0 Å². The van der Waals surface area contributed by atoms with Crippen molar-refractivity contribution in [3.63, 3.8) is 0 Å². The summed E-state index contributed by atoms with van der Waals surface area (Å²) in [4.78, 5) is 8.35. The summed E-state index contributed by atoms with van der Waals surface area (Å²) in [7, 11) is 0. The first-order valence-corrected chi connectivity index (χ1v) is 6.06. The highest BCUT2D eigenvalue weighted by Crippen LogP contribution is 2.51. The van der Waals surface area contributed by atoms with Gasteiger partial charge in [-0.15, -0.1) is 0 Å². The molecule has 0 radical (unpaired) electrons. The molecule has 0 bridgehead atoms. The molecule has 0 saturated heterocycles. The number of nitrogens with zero attached hydrogens (tertiary/aromatic N) is 2. The van der Waals surface area contributed by atoms with E-state index in [1.807, 2.05) is 0 Å². The lowest BCUT2D eigenvalue weighted by atomic mass is 9.98. The van der Waals surface area contributed by atoms with Gasteiger partial charge in [-0.05, 0) is 50.8 Å². The molecule has 0 N–H and O–H groups in total. The fraction of sp³-hybridized carbons (Fsp3) is 0.429. The second kappa shape index (κ2) is 3.46. The molecular weight excluding hydrogens is 234 g/mol. The average molecular weight is 248 g/mol. The van der Waals surface area contributed by atoms with Crippen molar-refractivity contribution in [3.8, 4) is 0 Å². The Morgan fingerprint density at radius 2 is 1.83 bits per heavy atom. The van der Waals surface area contributed by atoms with E-state index in [0.717, 1.165) is 0 Å². The molecule has 1 heterocycles. The molecule has 0 unspecified atom stereocenters. The molecule has 0 amide bonds. The van der Waals surface area contributed by atoms with Gasteiger partial charge in [-0.3, -0.25) is 0 Å². The molecule has 2 aromatic rings. The van der Waals surface area contributed by atoms with Crippen molar-refractivity contribution < 1.29 is 8.78 Å². The van der Waals surface area contributed by atoms with Crippen LogP contribution in [0.25, 0.3) is 10.9 Å². The highest BCUT2D eigenvalue weighted by atomic mass is 19.1. The van der Waals surface area contributed by atoms with Gasteiger partial charge < -0.3 is 0 Å². The molecule has 0 aliphatic heterocycles. The second-order valence-corrected chi connectivity index (χ2v) is 5.08. The zero-order chi connectivity index (χ0) is 13.1. The summed E-state index contributed by atoms with van der Waals surface area (Å²) >= 11 is 0. The van der Waals surface area contributed by atoms with Crippen molar-refractivity contribution in [2.24, 2.45) is 0 Å². The standard InChI is InChI=1S/C14H14F2N2/c1-7-11(14(16)4-5-14)6-10-8(2)17-9(3)18-13(10)12(7)15/h6H,4-5H2,1-3H3. The summed E-state index contributed by atoms with van der Waals surface area (Å²) in [5.74, 6) is 0.118. The lowest BCUT2D eigenvalue weighted by molar-refractivity contribution is 0.315. The van der Waals surface area contributed by atoms with Crippen LogP contribution < -0.4 is 0 Å². The fourth-order valence-electron chi connectivity index (χ4n) is 2.45. The number of alkyl halides is 1. The highest BCUT2D eigenvalue weighted by molar-refractivity contribution is 5.83. The lowest BCUT2D eigenvalue weighted by Crippen LogP contribution is -2.06. The molecule has 0 atom stereocenters. The van der Waals surface area contributed by atoms with E-state index in [4.69, 9.17) is 0 Å². The Labute approximate surface area is 104 Å². The van der Waals surface area contributed by atoms with Crippen LogP contribution in [0.2, 0.25) is 0 Å². The summed E-state index contributed by atoms with van der Waals surface area (Å²) < 4.78 is 28.5. The van der Waals surface area contributed by atoms with Crippen LogP contribution in [0.3, 0.4) is 0 Å². The maximum atomic E-state index is 14.3. The summed E-state index contributed by atoms with van der Waals surface area (Å²) in [5.41, 5.74) is 0.492. The van der Waals surface area contributed by atoms with Crippen LogP contribution in [-0.2, 0) is 5.67 Å².